The van der Waals surface area contributed by atoms with Crippen molar-refractivity contribution in [2.45, 2.75) is 20.2 Å². The summed E-state index contributed by atoms with van der Waals surface area (Å²) in [5.41, 5.74) is 0. The Morgan fingerprint density at radius 2 is 1.62 bits per heavy atom. The van der Waals surface area contributed by atoms with E-state index in [0.717, 1.165) is 6.54 Å². The van der Waals surface area contributed by atoms with Crippen LogP contribution in [0.2, 0.25) is 0 Å². The van der Waals surface area contributed by atoms with Gasteiger partial charge in [-0.3, -0.25) is 0 Å². The molecule has 1 rings (SSSR count). The molecule has 1 aromatic rings. The number of halogens is 6. The SMILES string of the molecule is CC[n+]1ccn(CO)c1.F[P-](F)(F)(F)(F)F. The van der Waals surface area contributed by atoms with Crippen molar-refractivity contribution >= 4 is 7.81 Å². The van der Waals surface area contributed by atoms with Gasteiger partial charge in [0.25, 0.3) is 0 Å². The molecular weight excluding hydrogens is 261 g/mol. The van der Waals surface area contributed by atoms with E-state index in [1.807, 2.05) is 23.3 Å². The molecule has 0 aliphatic carbocycles. The molecule has 0 fully saturated rings. The number of aromatic nitrogens is 2. The van der Waals surface area contributed by atoms with Gasteiger partial charge in [-0.1, -0.05) is 0 Å². The predicted octanol–water partition coefficient (Wildman–Crippen LogP) is 3.13. The van der Waals surface area contributed by atoms with Gasteiger partial charge in [-0.2, -0.15) is 0 Å². The van der Waals surface area contributed by atoms with E-state index in [9.17, 15) is 25.2 Å². The van der Waals surface area contributed by atoms with E-state index in [4.69, 9.17) is 5.11 Å². The molecule has 98 valence electrons. The minimum absolute atomic E-state index is 0.0625. The van der Waals surface area contributed by atoms with Crippen molar-refractivity contribution in [3.05, 3.63) is 18.7 Å². The topological polar surface area (TPSA) is 29.0 Å². The monoisotopic (exact) mass is 272 g/mol. The van der Waals surface area contributed by atoms with Crippen LogP contribution < -0.4 is 4.57 Å². The number of hydrogen-bond acceptors (Lipinski definition) is 1. The Balaban J connectivity index is 0.000000293. The van der Waals surface area contributed by atoms with Gasteiger partial charge in [0.05, 0.1) is 6.54 Å². The first-order valence-electron chi connectivity index (χ1n) is 4.04. The van der Waals surface area contributed by atoms with Crippen molar-refractivity contribution < 1.29 is 34.9 Å². The van der Waals surface area contributed by atoms with Crippen molar-refractivity contribution in [3.8, 4) is 0 Å². The maximum absolute atomic E-state index is 10.7. The molecule has 0 saturated heterocycles. The van der Waals surface area contributed by atoms with Crippen LogP contribution in [0.5, 0.6) is 0 Å². The molecule has 1 aromatic heterocycles. The van der Waals surface area contributed by atoms with Gasteiger partial charge in [0.2, 0.25) is 6.33 Å². The van der Waals surface area contributed by atoms with Crippen LogP contribution in [0.3, 0.4) is 0 Å². The molecule has 16 heavy (non-hydrogen) atoms. The van der Waals surface area contributed by atoms with Crippen LogP contribution in [-0.4, -0.2) is 9.67 Å². The molecule has 0 aromatic carbocycles. The Labute approximate surface area is 87.2 Å². The summed E-state index contributed by atoms with van der Waals surface area (Å²) in [6.45, 7) is 3.07. The van der Waals surface area contributed by atoms with E-state index in [2.05, 4.69) is 6.92 Å². The van der Waals surface area contributed by atoms with E-state index >= 15 is 0 Å². The third kappa shape index (κ3) is 13.2. The van der Waals surface area contributed by atoms with Gasteiger partial charge in [0, 0.05) is 0 Å². The van der Waals surface area contributed by atoms with Crippen LogP contribution in [-0.2, 0) is 13.3 Å². The average Bonchev–Trinajstić information content (AvgIpc) is 2.45. The van der Waals surface area contributed by atoms with Gasteiger partial charge in [0.1, 0.15) is 12.4 Å². The van der Waals surface area contributed by atoms with Crippen LogP contribution >= 0.6 is 7.81 Å². The number of aliphatic hydroxyl groups is 1. The summed E-state index contributed by atoms with van der Waals surface area (Å²) in [6, 6.07) is 0. The summed E-state index contributed by atoms with van der Waals surface area (Å²) in [7, 11) is -10.7. The summed E-state index contributed by atoms with van der Waals surface area (Å²) >= 11 is 0. The first kappa shape index (κ1) is 15.2. The maximum atomic E-state index is 9.87. The summed E-state index contributed by atoms with van der Waals surface area (Å²) in [5.74, 6) is 0. The summed E-state index contributed by atoms with van der Waals surface area (Å²) in [5, 5.41) is 8.60. The molecule has 10 heteroatoms. The molecule has 0 amide bonds. The van der Waals surface area contributed by atoms with E-state index in [-0.39, 0.29) is 6.73 Å². The Hall–Kier alpha value is -0.820. The van der Waals surface area contributed by atoms with Crippen LogP contribution in [0, 0.1) is 0 Å². The van der Waals surface area contributed by atoms with Gasteiger partial charge in [0.15, 0.2) is 6.73 Å². The second-order valence-electron chi connectivity index (χ2n) is 2.86. The molecule has 0 unspecified atom stereocenters. The number of rotatable bonds is 2. The van der Waals surface area contributed by atoms with E-state index in [1.165, 1.54) is 0 Å². The number of nitrogens with zero attached hydrogens (tertiary/aromatic N) is 2. The Bertz CT molecular complexity index is 314. The van der Waals surface area contributed by atoms with Gasteiger partial charge in [-0.15, -0.1) is 0 Å². The number of imidazole rings is 1. The molecule has 0 radical (unpaired) electrons. The van der Waals surface area contributed by atoms with Crippen molar-refractivity contribution in [3.63, 3.8) is 0 Å². The zero-order chi connectivity index (χ0) is 13.1. The summed E-state index contributed by atoms with van der Waals surface area (Å²) in [6.07, 6.45) is 5.62. The van der Waals surface area contributed by atoms with Crippen molar-refractivity contribution in [1.82, 2.24) is 4.57 Å². The van der Waals surface area contributed by atoms with Gasteiger partial charge < -0.3 is 5.11 Å². The molecule has 0 bridgehead atoms. The molecule has 0 saturated carbocycles. The minimum atomic E-state index is -10.7. The standard InChI is InChI=1S/C6H11N2O.F6P/c1-2-7-3-4-8(5-7)6-9;1-7(2,3,4,5)6/h3-5,9H,2,6H2,1H3;/q+1;-1. The molecule has 3 nitrogen and oxygen atoms in total. The van der Waals surface area contributed by atoms with Crippen LogP contribution in [0.15, 0.2) is 18.7 Å². The second-order valence-corrected chi connectivity index (χ2v) is 4.77. The van der Waals surface area contributed by atoms with Gasteiger partial charge >= 0.3 is 33.0 Å². The molecular formula is C6H11F6N2OP. The third-order valence-electron chi connectivity index (χ3n) is 1.27. The van der Waals surface area contributed by atoms with Crippen molar-refractivity contribution in [1.29, 1.82) is 0 Å². The van der Waals surface area contributed by atoms with Crippen molar-refractivity contribution in [2.75, 3.05) is 0 Å². The molecule has 0 atom stereocenters. The fourth-order valence-corrected chi connectivity index (χ4v) is 0.709. The van der Waals surface area contributed by atoms with Crippen LogP contribution in [0.25, 0.3) is 0 Å². The van der Waals surface area contributed by atoms with Crippen LogP contribution in [0.4, 0.5) is 25.2 Å². The molecule has 0 aliphatic rings. The number of aliphatic hydroxyl groups excluding tert-OH is 1. The fourth-order valence-electron chi connectivity index (χ4n) is 0.709. The van der Waals surface area contributed by atoms with Crippen molar-refractivity contribution in [2.24, 2.45) is 0 Å². The molecule has 1 heterocycles. The third-order valence-corrected chi connectivity index (χ3v) is 1.27. The molecule has 0 aliphatic heterocycles. The summed E-state index contributed by atoms with van der Waals surface area (Å²) < 4.78 is 62.9. The Morgan fingerprint density at radius 3 is 1.81 bits per heavy atom. The van der Waals surface area contributed by atoms with E-state index in [1.54, 1.807) is 4.57 Å². The number of hydrogen-bond donors (Lipinski definition) is 1. The number of aryl methyl sites for hydroxylation is 1. The quantitative estimate of drug-likeness (QED) is 0.500. The van der Waals surface area contributed by atoms with E-state index < -0.39 is 7.81 Å². The predicted molar refractivity (Wildman–Crippen MR) is 46.1 cm³/mol. The zero-order valence-electron chi connectivity index (χ0n) is 8.20. The Kier molecular flexibility index (Phi) is 3.69. The molecule has 1 N–H and O–H groups in total. The van der Waals surface area contributed by atoms with Gasteiger partial charge in [-0.05, 0) is 6.92 Å². The Morgan fingerprint density at radius 1 is 1.19 bits per heavy atom. The average molecular weight is 272 g/mol. The summed E-state index contributed by atoms with van der Waals surface area (Å²) in [4.78, 5) is 0. The first-order valence-corrected chi connectivity index (χ1v) is 6.06. The molecule has 0 spiro atoms. The van der Waals surface area contributed by atoms with E-state index in [0.29, 0.717) is 0 Å². The van der Waals surface area contributed by atoms with Crippen LogP contribution in [0.1, 0.15) is 6.92 Å². The zero-order valence-corrected chi connectivity index (χ0v) is 9.10. The first-order chi connectivity index (χ1) is 6.81. The van der Waals surface area contributed by atoms with Gasteiger partial charge in [-0.25, -0.2) is 9.13 Å². The normalized spacial score (nSPS) is 15.8. The fraction of sp³-hybridized carbons (Fsp3) is 0.500. The second kappa shape index (κ2) is 3.89.